The van der Waals surface area contributed by atoms with E-state index < -0.39 is 15.8 Å². The van der Waals surface area contributed by atoms with E-state index in [1.54, 1.807) is 47.4 Å². The first-order chi connectivity index (χ1) is 16.3. The van der Waals surface area contributed by atoms with Crippen LogP contribution in [0.5, 0.6) is 0 Å². The Morgan fingerprint density at radius 1 is 0.853 bits per heavy atom. The number of anilines is 1. The fourth-order valence-corrected chi connectivity index (χ4v) is 5.27. The maximum atomic E-state index is 14.0. The minimum Gasteiger partial charge on any atom is -0.336 e. The molecule has 34 heavy (non-hydrogen) atoms. The number of carbonyl (C=O) groups is 2. The molecule has 2 amide bonds. The van der Waals surface area contributed by atoms with Crippen LogP contribution < -0.4 is 5.32 Å². The zero-order valence-electron chi connectivity index (χ0n) is 18.6. The number of benzene rings is 3. The van der Waals surface area contributed by atoms with Crippen molar-refractivity contribution < 1.29 is 22.4 Å². The number of hydrogen-bond acceptors (Lipinski definition) is 4. The summed E-state index contributed by atoms with van der Waals surface area (Å²) in [4.78, 5) is 26.8. The van der Waals surface area contributed by atoms with Gasteiger partial charge in [-0.25, -0.2) is 12.8 Å². The Bertz CT molecular complexity index is 1320. The van der Waals surface area contributed by atoms with Gasteiger partial charge in [-0.2, -0.15) is 4.31 Å². The third kappa shape index (κ3) is 4.85. The Labute approximate surface area is 197 Å². The summed E-state index contributed by atoms with van der Waals surface area (Å²) in [6, 6.07) is 19.1. The second-order valence-electron chi connectivity index (χ2n) is 7.98. The van der Waals surface area contributed by atoms with Gasteiger partial charge in [-0.1, -0.05) is 36.4 Å². The zero-order valence-corrected chi connectivity index (χ0v) is 19.4. The molecule has 0 atom stereocenters. The molecule has 176 valence electrons. The first-order valence-corrected chi connectivity index (χ1v) is 12.2. The average Bonchev–Trinajstić information content (AvgIpc) is 2.85. The van der Waals surface area contributed by atoms with Crippen molar-refractivity contribution in [3.63, 3.8) is 0 Å². The van der Waals surface area contributed by atoms with Crippen LogP contribution >= 0.6 is 0 Å². The molecule has 0 saturated carbocycles. The number of hydrogen-bond donors (Lipinski definition) is 1. The molecule has 0 spiro atoms. The molecule has 3 aromatic rings. The maximum absolute atomic E-state index is 14.0. The molecule has 7 nitrogen and oxygen atoms in total. The topological polar surface area (TPSA) is 86.8 Å². The van der Waals surface area contributed by atoms with Crippen molar-refractivity contribution in [1.82, 2.24) is 9.21 Å². The number of nitrogens with one attached hydrogen (secondary N) is 1. The lowest BCUT2D eigenvalue weighted by atomic mass is 10.1. The van der Waals surface area contributed by atoms with Crippen LogP contribution in [0.15, 0.2) is 77.7 Å². The summed E-state index contributed by atoms with van der Waals surface area (Å²) in [6.45, 7) is 2.30. The van der Waals surface area contributed by atoms with Gasteiger partial charge in [-0.05, 0) is 48.9 Å². The van der Waals surface area contributed by atoms with Crippen molar-refractivity contribution in [2.24, 2.45) is 0 Å². The van der Waals surface area contributed by atoms with E-state index in [2.05, 4.69) is 5.32 Å². The molecule has 3 aromatic carbocycles. The summed E-state index contributed by atoms with van der Waals surface area (Å²) in [5.41, 5.74) is 2.23. The molecule has 0 aliphatic carbocycles. The Morgan fingerprint density at radius 2 is 1.50 bits per heavy atom. The fraction of sp³-hybridized carbons (Fsp3) is 0.200. The molecule has 1 aliphatic rings. The molecular formula is C25H24FN3O4S. The van der Waals surface area contributed by atoms with Gasteiger partial charge in [-0.3, -0.25) is 9.59 Å². The second-order valence-corrected chi connectivity index (χ2v) is 9.88. The molecule has 0 unspecified atom stereocenters. The highest BCUT2D eigenvalue weighted by Gasteiger charge is 2.32. The van der Waals surface area contributed by atoms with Crippen LogP contribution in [0.1, 0.15) is 26.3 Å². The van der Waals surface area contributed by atoms with Crippen LogP contribution in [-0.2, 0) is 10.0 Å². The molecule has 9 heteroatoms. The van der Waals surface area contributed by atoms with E-state index in [4.69, 9.17) is 0 Å². The molecule has 0 aromatic heterocycles. The number of halogens is 1. The van der Waals surface area contributed by atoms with Crippen LogP contribution in [0.25, 0.3) is 0 Å². The van der Waals surface area contributed by atoms with Crippen LogP contribution in [0.3, 0.4) is 0 Å². The monoisotopic (exact) mass is 481 g/mol. The van der Waals surface area contributed by atoms with Gasteiger partial charge in [0, 0.05) is 43.0 Å². The Morgan fingerprint density at radius 3 is 2.18 bits per heavy atom. The standard InChI is InChI=1S/C25H24FN3O4S/c1-18-11-12-20(17-22(18)27-24(30)19-7-3-2-4-8-19)25(31)28-13-15-29(16-14-28)34(32,33)23-10-6-5-9-21(23)26/h2-12,17H,13-16H2,1H3,(H,27,30). The predicted molar refractivity (Wildman–Crippen MR) is 127 cm³/mol. The Balaban J connectivity index is 1.45. The van der Waals surface area contributed by atoms with Gasteiger partial charge in [0.05, 0.1) is 0 Å². The lowest BCUT2D eigenvalue weighted by Gasteiger charge is -2.34. The van der Waals surface area contributed by atoms with E-state index in [0.717, 1.165) is 11.6 Å². The molecule has 4 rings (SSSR count). The lowest BCUT2D eigenvalue weighted by molar-refractivity contribution is 0.0697. The molecule has 1 N–H and O–H groups in total. The molecule has 0 bridgehead atoms. The highest BCUT2D eigenvalue weighted by Crippen LogP contribution is 2.23. The van der Waals surface area contributed by atoms with E-state index >= 15 is 0 Å². The minimum atomic E-state index is -3.99. The third-order valence-corrected chi connectivity index (χ3v) is 7.68. The number of rotatable bonds is 5. The van der Waals surface area contributed by atoms with Crippen molar-refractivity contribution in [3.8, 4) is 0 Å². The number of piperazine rings is 1. The Hall–Kier alpha value is -3.56. The van der Waals surface area contributed by atoms with Gasteiger partial charge in [0.1, 0.15) is 10.7 Å². The smallest absolute Gasteiger partial charge is 0.255 e. The zero-order chi connectivity index (χ0) is 24.3. The fourth-order valence-electron chi connectivity index (χ4n) is 3.78. The van der Waals surface area contributed by atoms with Crippen molar-refractivity contribution in [1.29, 1.82) is 0 Å². The summed E-state index contributed by atoms with van der Waals surface area (Å²) in [5.74, 6) is -1.34. The lowest BCUT2D eigenvalue weighted by Crippen LogP contribution is -2.50. The molecule has 0 radical (unpaired) electrons. The number of carbonyl (C=O) groups excluding carboxylic acids is 2. The highest BCUT2D eigenvalue weighted by molar-refractivity contribution is 7.89. The highest BCUT2D eigenvalue weighted by atomic mass is 32.2. The summed E-state index contributed by atoms with van der Waals surface area (Å²) in [6.07, 6.45) is 0. The van der Waals surface area contributed by atoms with Crippen molar-refractivity contribution in [2.75, 3.05) is 31.5 Å². The van der Waals surface area contributed by atoms with E-state index in [0.29, 0.717) is 16.8 Å². The summed E-state index contributed by atoms with van der Waals surface area (Å²) >= 11 is 0. The summed E-state index contributed by atoms with van der Waals surface area (Å²) in [5, 5.41) is 2.84. The van der Waals surface area contributed by atoms with E-state index in [1.807, 2.05) is 13.0 Å². The number of nitrogens with zero attached hydrogens (tertiary/aromatic N) is 2. The van der Waals surface area contributed by atoms with Crippen LogP contribution in [-0.4, -0.2) is 55.6 Å². The SMILES string of the molecule is Cc1ccc(C(=O)N2CCN(S(=O)(=O)c3ccccc3F)CC2)cc1NC(=O)c1ccccc1. The van der Waals surface area contributed by atoms with Gasteiger partial charge < -0.3 is 10.2 Å². The number of aryl methyl sites for hydroxylation is 1. The maximum Gasteiger partial charge on any atom is 0.255 e. The Kier molecular flexibility index (Phi) is 6.76. The quantitative estimate of drug-likeness (QED) is 0.604. The van der Waals surface area contributed by atoms with Gasteiger partial charge in [-0.15, -0.1) is 0 Å². The number of amides is 2. The van der Waals surface area contributed by atoms with Gasteiger partial charge in [0.15, 0.2) is 0 Å². The van der Waals surface area contributed by atoms with Crippen LogP contribution in [0.4, 0.5) is 10.1 Å². The summed E-state index contributed by atoms with van der Waals surface area (Å²) < 4.78 is 40.8. The third-order valence-electron chi connectivity index (χ3n) is 5.75. The van der Waals surface area contributed by atoms with Crippen LogP contribution in [0.2, 0.25) is 0 Å². The van der Waals surface area contributed by atoms with E-state index in [9.17, 15) is 22.4 Å². The first-order valence-electron chi connectivity index (χ1n) is 10.8. The van der Waals surface area contributed by atoms with Crippen molar-refractivity contribution in [2.45, 2.75) is 11.8 Å². The molecule has 1 heterocycles. The van der Waals surface area contributed by atoms with Crippen molar-refractivity contribution in [3.05, 3.63) is 95.3 Å². The normalized spacial score (nSPS) is 14.6. The van der Waals surface area contributed by atoms with E-state index in [1.165, 1.54) is 22.5 Å². The molecule has 1 aliphatic heterocycles. The largest absolute Gasteiger partial charge is 0.336 e. The van der Waals surface area contributed by atoms with Crippen LogP contribution in [0, 0.1) is 12.7 Å². The minimum absolute atomic E-state index is 0.0614. The van der Waals surface area contributed by atoms with Gasteiger partial charge in [0.2, 0.25) is 10.0 Å². The van der Waals surface area contributed by atoms with Gasteiger partial charge >= 0.3 is 0 Å². The van der Waals surface area contributed by atoms with E-state index in [-0.39, 0.29) is 42.9 Å². The average molecular weight is 482 g/mol. The predicted octanol–water partition coefficient (Wildman–Crippen LogP) is 3.53. The van der Waals surface area contributed by atoms with Crippen molar-refractivity contribution >= 4 is 27.5 Å². The molecular weight excluding hydrogens is 457 g/mol. The molecule has 1 saturated heterocycles. The number of sulfonamides is 1. The second kappa shape index (κ2) is 9.74. The van der Waals surface area contributed by atoms with Gasteiger partial charge in [0.25, 0.3) is 11.8 Å². The first kappa shape index (κ1) is 23.6. The summed E-state index contributed by atoms with van der Waals surface area (Å²) in [7, 11) is -3.99. The molecule has 1 fully saturated rings.